The third-order valence-electron chi connectivity index (χ3n) is 3.70. The van der Waals surface area contributed by atoms with Crippen LogP contribution in [-0.4, -0.2) is 37.5 Å². The number of rotatable bonds is 7. The van der Waals surface area contributed by atoms with E-state index in [0.717, 1.165) is 25.7 Å². The topological polar surface area (TPSA) is 55.8 Å². The number of nitrogens with zero attached hydrogens (tertiary/aromatic N) is 1. The van der Waals surface area contributed by atoms with Crippen LogP contribution < -0.4 is 9.47 Å². The Morgan fingerprint density at radius 3 is 2.38 bits per heavy atom. The lowest BCUT2D eigenvalue weighted by molar-refractivity contribution is 0.0650. The van der Waals surface area contributed by atoms with Gasteiger partial charge in [-0.2, -0.15) is 0 Å². The number of carbonyl (C=O) groups excluding carboxylic acids is 2. The zero-order valence-corrected chi connectivity index (χ0v) is 12.8. The van der Waals surface area contributed by atoms with Crippen molar-refractivity contribution in [1.82, 2.24) is 4.90 Å². The van der Waals surface area contributed by atoms with Crippen LogP contribution in [0.3, 0.4) is 0 Å². The molecule has 0 fully saturated rings. The van der Waals surface area contributed by atoms with Crippen LogP contribution in [0.4, 0.5) is 0 Å². The molecule has 1 heterocycles. The molecule has 0 aromatic heterocycles. The van der Waals surface area contributed by atoms with Crippen molar-refractivity contribution in [3.05, 3.63) is 23.3 Å². The molecule has 0 saturated carbocycles. The van der Waals surface area contributed by atoms with Crippen molar-refractivity contribution in [2.24, 2.45) is 0 Å². The Balaban J connectivity index is 2.24. The maximum Gasteiger partial charge on any atom is 0.265 e. The van der Waals surface area contributed by atoms with E-state index >= 15 is 0 Å². The van der Waals surface area contributed by atoms with E-state index in [-0.39, 0.29) is 11.8 Å². The molecule has 1 aliphatic rings. The fourth-order valence-corrected chi connectivity index (χ4v) is 2.53. The van der Waals surface area contributed by atoms with Gasteiger partial charge in [0, 0.05) is 12.6 Å². The van der Waals surface area contributed by atoms with E-state index in [0.29, 0.717) is 29.2 Å². The molecule has 5 heteroatoms. The molecule has 114 valence electrons. The molecule has 1 aromatic carbocycles. The number of imide groups is 1. The summed E-state index contributed by atoms with van der Waals surface area (Å²) >= 11 is 0. The predicted molar refractivity (Wildman–Crippen MR) is 79.1 cm³/mol. The van der Waals surface area contributed by atoms with Crippen molar-refractivity contribution in [2.75, 3.05) is 20.8 Å². The summed E-state index contributed by atoms with van der Waals surface area (Å²) in [6.45, 7) is 2.58. The summed E-state index contributed by atoms with van der Waals surface area (Å²) in [6.07, 6.45) is 4.08. The molecule has 2 rings (SSSR count). The third-order valence-corrected chi connectivity index (χ3v) is 3.70. The number of hydrogen-bond acceptors (Lipinski definition) is 4. The van der Waals surface area contributed by atoms with Crippen LogP contribution in [-0.2, 0) is 0 Å². The van der Waals surface area contributed by atoms with E-state index < -0.39 is 0 Å². The van der Waals surface area contributed by atoms with Crippen molar-refractivity contribution in [3.63, 3.8) is 0 Å². The van der Waals surface area contributed by atoms with Gasteiger partial charge >= 0.3 is 0 Å². The van der Waals surface area contributed by atoms with Crippen molar-refractivity contribution < 1.29 is 19.1 Å². The Bertz CT molecular complexity index is 553. The van der Waals surface area contributed by atoms with Gasteiger partial charge in [-0.25, -0.2) is 0 Å². The Morgan fingerprint density at radius 1 is 1.00 bits per heavy atom. The first-order valence-electron chi connectivity index (χ1n) is 7.26. The normalized spacial score (nSPS) is 13.6. The number of fused-ring (bicyclic) bond motifs is 1. The molecule has 0 unspecified atom stereocenters. The number of amides is 2. The minimum Gasteiger partial charge on any atom is -0.497 e. The summed E-state index contributed by atoms with van der Waals surface area (Å²) in [7, 11) is 3.00. The van der Waals surface area contributed by atoms with Crippen molar-refractivity contribution in [2.45, 2.75) is 32.6 Å². The van der Waals surface area contributed by atoms with Crippen LogP contribution in [0.1, 0.15) is 53.3 Å². The molecular formula is C16H21NO4. The van der Waals surface area contributed by atoms with Crippen molar-refractivity contribution in [3.8, 4) is 11.5 Å². The quantitative estimate of drug-likeness (QED) is 0.572. The number of methoxy groups -OCH3 is 2. The lowest BCUT2D eigenvalue weighted by Crippen LogP contribution is -2.30. The first kappa shape index (κ1) is 15.4. The highest BCUT2D eigenvalue weighted by molar-refractivity contribution is 6.22. The molecule has 0 N–H and O–H groups in total. The number of carbonyl (C=O) groups is 2. The maximum atomic E-state index is 12.4. The SMILES string of the molecule is CCCCCCN1C(=O)c2cc(OC)cc(OC)c2C1=O. The molecular weight excluding hydrogens is 270 g/mol. The molecule has 0 aliphatic carbocycles. The van der Waals surface area contributed by atoms with Crippen LogP contribution in [0.2, 0.25) is 0 Å². The molecule has 1 aromatic rings. The highest BCUT2D eigenvalue weighted by Crippen LogP contribution is 2.35. The fourth-order valence-electron chi connectivity index (χ4n) is 2.53. The first-order valence-corrected chi connectivity index (χ1v) is 7.26. The number of ether oxygens (including phenoxy) is 2. The lowest BCUT2D eigenvalue weighted by Gasteiger charge is -2.13. The maximum absolute atomic E-state index is 12.4. The van der Waals surface area contributed by atoms with Gasteiger partial charge in [0.1, 0.15) is 11.5 Å². The Labute approximate surface area is 124 Å². The monoisotopic (exact) mass is 291 g/mol. The summed E-state index contributed by atoms with van der Waals surface area (Å²) in [4.78, 5) is 26.1. The summed E-state index contributed by atoms with van der Waals surface area (Å²) in [5.41, 5.74) is 0.713. The van der Waals surface area contributed by atoms with Crippen LogP contribution >= 0.6 is 0 Å². The van der Waals surface area contributed by atoms with Gasteiger partial charge in [0.25, 0.3) is 11.8 Å². The van der Waals surface area contributed by atoms with E-state index in [9.17, 15) is 9.59 Å². The van der Waals surface area contributed by atoms with Gasteiger partial charge in [0.2, 0.25) is 0 Å². The Hall–Kier alpha value is -2.04. The van der Waals surface area contributed by atoms with E-state index in [1.807, 2.05) is 0 Å². The third kappa shape index (κ3) is 2.86. The molecule has 0 saturated heterocycles. The Kier molecular flexibility index (Phi) is 4.83. The second kappa shape index (κ2) is 6.61. The second-order valence-electron chi connectivity index (χ2n) is 5.07. The van der Waals surface area contributed by atoms with Gasteiger partial charge in [0.05, 0.1) is 25.3 Å². The van der Waals surface area contributed by atoms with E-state index in [4.69, 9.17) is 9.47 Å². The Morgan fingerprint density at radius 2 is 1.76 bits per heavy atom. The fraction of sp³-hybridized carbons (Fsp3) is 0.500. The first-order chi connectivity index (χ1) is 10.1. The summed E-state index contributed by atoms with van der Waals surface area (Å²) in [5, 5.41) is 0. The highest BCUT2D eigenvalue weighted by atomic mass is 16.5. The molecule has 0 atom stereocenters. The smallest absolute Gasteiger partial charge is 0.265 e. The minimum atomic E-state index is -0.272. The summed E-state index contributed by atoms with van der Waals surface area (Å²) in [5.74, 6) is 0.369. The molecule has 21 heavy (non-hydrogen) atoms. The van der Waals surface area contributed by atoms with Crippen LogP contribution in [0, 0.1) is 0 Å². The van der Waals surface area contributed by atoms with Crippen LogP contribution in [0.25, 0.3) is 0 Å². The van der Waals surface area contributed by atoms with Gasteiger partial charge in [-0.05, 0) is 12.5 Å². The summed E-state index contributed by atoms with van der Waals surface area (Å²) < 4.78 is 10.4. The predicted octanol–water partition coefficient (Wildman–Crippen LogP) is 2.88. The summed E-state index contributed by atoms with van der Waals surface area (Å²) in [6, 6.07) is 3.23. The average molecular weight is 291 g/mol. The largest absolute Gasteiger partial charge is 0.497 e. The van der Waals surface area contributed by atoms with Gasteiger partial charge in [-0.3, -0.25) is 14.5 Å². The van der Waals surface area contributed by atoms with E-state index in [1.165, 1.54) is 19.1 Å². The van der Waals surface area contributed by atoms with E-state index in [2.05, 4.69) is 6.92 Å². The number of benzene rings is 1. The molecule has 0 bridgehead atoms. The number of hydrogen-bond donors (Lipinski definition) is 0. The van der Waals surface area contributed by atoms with Gasteiger partial charge < -0.3 is 9.47 Å². The second-order valence-corrected chi connectivity index (χ2v) is 5.07. The molecule has 1 aliphatic heterocycles. The molecule has 0 spiro atoms. The van der Waals surface area contributed by atoms with Gasteiger partial charge in [-0.15, -0.1) is 0 Å². The van der Waals surface area contributed by atoms with Gasteiger partial charge in [-0.1, -0.05) is 26.2 Å². The zero-order valence-electron chi connectivity index (χ0n) is 12.8. The van der Waals surface area contributed by atoms with Gasteiger partial charge in [0.15, 0.2) is 0 Å². The van der Waals surface area contributed by atoms with E-state index in [1.54, 1.807) is 12.1 Å². The molecule has 0 radical (unpaired) electrons. The molecule has 5 nitrogen and oxygen atoms in total. The van der Waals surface area contributed by atoms with Crippen LogP contribution in [0.5, 0.6) is 11.5 Å². The van der Waals surface area contributed by atoms with Crippen molar-refractivity contribution >= 4 is 11.8 Å². The molecule has 2 amide bonds. The number of unbranched alkanes of at least 4 members (excludes halogenated alkanes) is 3. The van der Waals surface area contributed by atoms with Crippen LogP contribution in [0.15, 0.2) is 12.1 Å². The standard InChI is InChI=1S/C16H21NO4/c1-4-5-6-7-8-17-15(18)12-9-11(20-2)10-13(21-3)14(12)16(17)19/h9-10H,4-8H2,1-3H3. The minimum absolute atomic E-state index is 0.260. The highest BCUT2D eigenvalue weighted by Gasteiger charge is 2.38. The lowest BCUT2D eigenvalue weighted by atomic mass is 10.1. The van der Waals surface area contributed by atoms with Crippen molar-refractivity contribution in [1.29, 1.82) is 0 Å². The average Bonchev–Trinajstić information content (AvgIpc) is 2.75. The zero-order chi connectivity index (χ0) is 15.4.